The maximum absolute atomic E-state index is 13.1. The maximum atomic E-state index is 13.1. The molecule has 1 aliphatic carbocycles. The number of aryl methyl sites for hydroxylation is 2. The molecule has 1 N–H and O–H groups in total. The zero-order valence-corrected chi connectivity index (χ0v) is 16.7. The van der Waals surface area contributed by atoms with Crippen molar-refractivity contribution in [1.82, 2.24) is 20.1 Å². The van der Waals surface area contributed by atoms with Gasteiger partial charge in [-0.15, -0.1) is 5.10 Å². The molecular formula is C24H22N4O2. The molecule has 0 unspecified atom stereocenters. The molecule has 6 nitrogen and oxygen atoms in total. The number of nitrogens with one attached hydrogen (secondary N) is 1. The quantitative estimate of drug-likeness (QED) is 0.543. The van der Waals surface area contributed by atoms with E-state index in [9.17, 15) is 4.79 Å². The number of carbonyl (C=O) groups is 1. The molecule has 1 amide bonds. The van der Waals surface area contributed by atoms with Gasteiger partial charge in [-0.2, -0.15) is 0 Å². The summed E-state index contributed by atoms with van der Waals surface area (Å²) in [5.41, 5.74) is 5.24. The molecule has 0 radical (unpaired) electrons. The van der Waals surface area contributed by atoms with E-state index in [4.69, 9.17) is 4.42 Å². The van der Waals surface area contributed by atoms with Crippen LogP contribution in [0.4, 0.5) is 0 Å². The highest BCUT2D eigenvalue weighted by Gasteiger charge is 2.25. The first kappa shape index (κ1) is 18.4. The molecule has 0 fully saturated rings. The van der Waals surface area contributed by atoms with Crippen molar-refractivity contribution >= 4 is 5.91 Å². The molecule has 0 bridgehead atoms. The average Bonchev–Trinajstić information content (AvgIpc) is 3.45. The molecule has 0 spiro atoms. The molecule has 6 heteroatoms. The van der Waals surface area contributed by atoms with Gasteiger partial charge in [0.25, 0.3) is 5.91 Å². The normalized spacial score (nSPS) is 15.6. The number of benzene rings is 2. The van der Waals surface area contributed by atoms with Crippen molar-refractivity contribution in [3.8, 4) is 17.1 Å². The summed E-state index contributed by atoms with van der Waals surface area (Å²) in [7, 11) is 0. The Morgan fingerprint density at radius 3 is 2.77 bits per heavy atom. The number of rotatable bonds is 4. The first-order chi connectivity index (χ1) is 14.7. The van der Waals surface area contributed by atoms with E-state index < -0.39 is 0 Å². The lowest BCUT2D eigenvalue weighted by molar-refractivity contribution is 0.0922. The van der Waals surface area contributed by atoms with E-state index in [0.29, 0.717) is 5.82 Å². The summed E-state index contributed by atoms with van der Waals surface area (Å²) >= 11 is 0. The van der Waals surface area contributed by atoms with Crippen LogP contribution in [0.1, 0.15) is 46.2 Å². The van der Waals surface area contributed by atoms with Crippen LogP contribution in [0.3, 0.4) is 0 Å². The van der Waals surface area contributed by atoms with Gasteiger partial charge in [0.1, 0.15) is 6.26 Å². The average molecular weight is 398 g/mol. The lowest BCUT2D eigenvalue weighted by Crippen LogP contribution is -2.31. The molecule has 5 rings (SSSR count). The minimum absolute atomic E-state index is 0.0221. The zero-order valence-electron chi connectivity index (χ0n) is 16.7. The highest BCUT2D eigenvalue weighted by Crippen LogP contribution is 2.30. The van der Waals surface area contributed by atoms with Crippen molar-refractivity contribution in [2.24, 2.45) is 0 Å². The van der Waals surface area contributed by atoms with Crippen molar-refractivity contribution in [1.29, 1.82) is 0 Å². The second-order valence-corrected chi connectivity index (χ2v) is 7.64. The van der Waals surface area contributed by atoms with Gasteiger partial charge in [0.05, 0.1) is 23.6 Å². The number of carbonyl (C=O) groups excluding carboxylic acids is 1. The molecule has 30 heavy (non-hydrogen) atoms. The largest absolute Gasteiger partial charge is 0.472 e. The van der Waals surface area contributed by atoms with E-state index in [1.165, 1.54) is 11.1 Å². The number of amides is 1. The van der Waals surface area contributed by atoms with Gasteiger partial charge in [-0.1, -0.05) is 42.0 Å². The summed E-state index contributed by atoms with van der Waals surface area (Å²) in [4.78, 5) is 17.6. The van der Waals surface area contributed by atoms with Crippen LogP contribution in [0.5, 0.6) is 0 Å². The van der Waals surface area contributed by atoms with Gasteiger partial charge in [0.2, 0.25) is 5.82 Å². The van der Waals surface area contributed by atoms with E-state index in [0.717, 1.165) is 36.1 Å². The fourth-order valence-electron chi connectivity index (χ4n) is 3.98. The molecule has 2 aromatic heterocycles. The molecule has 0 aliphatic heterocycles. The molecule has 0 saturated heterocycles. The molecule has 0 saturated carbocycles. The van der Waals surface area contributed by atoms with Crippen LogP contribution in [0.15, 0.2) is 71.5 Å². The summed E-state index contributed by atoms with van der Waals surface area (Å²) < 4.78 is 6.92. The minimum atomic E-state index is -0.271. The number of hydrogen-bond acceptors (Lipinski definition) is 4. The highest BCUT2D eigenvalue weighted by molar-refractivity contribution is 5.91. The SMILES string of the molecule is Cc1ccc(-n2nc(C(=O)N[C@H]3CCCc4ccccc43)nc2-c2ccoc2)cc1. The van der Waals surface area contributed by atoms with Crippen molar-refractivity contribution < 1.29 is 9.21 Å². The van der Waals surface area contributed by atoms with Crippen molar-refractivity contribution in [3.05, 3.63) is 89.6 Å². The highest BCUT2D eigenvalue weighted by atomic mass is 16.3. The van der Waals surface area contributed by atoms with Crippen LogP contribution >= 0.6 is 0 Å². The molecule has 4 aromatic rings. The minimum Gasteiger partial charge on any atom is -0.472 e. The van der Waals surface area contributed by atoms with E-state index >= 15 is 0 Å². The number of fused-ring (bicyclic) bond motifs is 1. The first-order valence-corrected chi connectivity index (χ1v) is 10.1. The molecule has 1 atom stereocenters. The van der Waals surface area contributed by atoms with Crippen molar-refractivity contribution in [2.45, 2.75) is 32.2 Å². The van der Waals surface area contributed by atoms with E-state index in [2.05, 4.69) is 27.5 Å². The molecular weight excluding hydrogens is 376 g/mol. The fourth-order valence-corrected chi connectivity index (χ4v) is 3.98. The van der Waals surface area contributed by atoms with Gasteiger partial charge in [0.15, 0.2) is 5.82 Å². The predicted octanol–water partition coefficient (Wildman–Crippen LogP) is 4.64. The monoisotopic (exact) mass is 398 g/mol. The topological polar surface area (TPSA) is 73.0 Å². The lowest BCUT2D eigenvalue weighted by Gasteiger charge is -2.25. The third-order valence-corrected chi connectivity index (χ3v) is 5.54. The Labute approximate surface area is 174 Å². The van der Waals surface area contributed by atoms with Crippen molar-refractivity contribution in [2.75, 3.05) is 0 Å². The van der Waals surface area contributed by atoms with E-state index in [1.54, 1.807) is 17.2 Å². The third kappa shape index (κ3) is 3.41. The van der Waals surface area contributed by atoms with Gasteiger partial charge >= 0.3 is 0 Å². The lowest BCUT2D eigenvalue weighted by atomic mass is 9.88. The van der Waals surface area contributed by atoms with Gasteiger partial charge in [0, 0.05) is 0 Å². The molecule has 150 valence electrons. The summed E-state index contributed by atoms with van der Waals surface area (Å²) in [5, 5.41) is 7.68. The van der Waals surface area contributed by atoms with Gasteiger partial charge in [-0.05, 0) is 55.5 Å². The Balaban J connectivity index is 1.48. The Morgan fingerprint density at radius 1 is 1.13 bits per heavy atom. The Kier molecular flexibility index (Phi) is 4.67. The van der Waals surface area contributed by atoms with Crippen LogP contribution in [0, 0.1) is 6.92 Å². The summed E-state index contributed by atoms with van der Waals surface area (Å²) in [6, 6.07) is 18.0. The fraction of sp³-hybridized carbons (Fsp3) is 0.208. The molecule has 1 aliphatic rings. The maximum Gasteiger partial charge on any atom is 0.291 e. The number of nitrogens with zero attached hydrogens (tertiary/aromatic N) is 3. The van der Waals surface area contributed by atoms with Crippen LogP contribution in [-0.2, 0) is 6.42 Å². The summed E-state index contributed by atoms with van der Waals surface area (Å²) in [5.74, 6) is 0.448. The predicted molar refractivity (Wildman–Crippen MR) is 113 cm³/mol. The summed E-state index contributed by atoms with van der Waals surface area (Å²) in [6.07, 6.45) is 6.20. The van der Waals surface area contributed by atoms with Crippen LogP contribution in [-0.4, -0.2) is 20.7 Å². The third-order valence-electron chi connectivity index (χ3n) is 5.54. The number of aromatic nitrogens is 3. The van der Waals surface area contributed by atoms with Gasteiger partial charge in [-0.25, -0.2) is 9.67 Å². The van der Waals surface area contributed by atoms with Gasteiger partial charge in [-0.3, -0.25) is 4.79 Å². The summed E-state index contributed by atoms with van der Waals surface area (Å²) in [6.45, 7) is 2.03. The number of furan rings is 1. The smallest absolute Gasteiger partial charge is 0.291 e. The first-order valence-electron chi connectivity index (χ1n) is 10.1. The second kappa shape index (κ2) is 7.63. The Bertz CT molecular complexity index is 1180. The van der Waals surface area contributed by atoms with Crippen LogP contribution in [0.2, 0.25) is 0 Å². The van der Waals surface area contributed by atoms with Crippen LogP contribution in [0.25, 0.3) is 17.1 Å². The Hall–Kier alpha value is -3.67. The van der Waals surface area contributed by atoms with E-state index in [-0.39, 0.29) is 17.8 Å². The Morgan fingerprint density at radius 2 is 1.97 bits per heavy atom. The second-order valence-electron chi connectivity index (χ2n) is 7.64. The molecule has 2 aromatic carbocycles. The standard InChI is InChI=1S/C24H22N4O2/c1-16-9-11-19(12-10-16)28-23(18-13-14-30-15-18)26-22(27-28)24(29)25-21-8-4-6-17-5-2-3-7-20(17)21/h2-3,5,7,9-15,21H,4,6,8H2,1H3,(H,25,29)/t21-/m0/s1. The van der Waals surface area contributed by atoms with Crippen LogP contribution < -0.4 is 5.32 Å². The van der Waals surface area contributed by atoms with Gasteiger partial charge < -0.3 is 9.73 Å². The molecule has 2 heterocycles. The zero-order chi connectivity index (χ0) is 20.5. The number of hydrogen-bond donors (Lipinski definition) is 1. The van der Waals surface area contributed by atoms with Crippen molar-refractivity contribution in [3.63, 3.8) is 0 Å². The van der Waals surface area contributed by atoms with E-state index in [1.807, 2.05) is 49.4 Å².